The number of rotatable bonds is 5. The standard InChI is InChI=1S/C16H23N3O2/c1-3-16(17,4-2)15(21)18-12-7-5-8-13(11-12)19-10-6-9-14(19)20/h5,7-8,11H,3-4,6,9-10,17H2,1-2H3,(H,18,21). The maximum absolute atomic E-state index is 12.3. The molecule has 0 bridgehead atoms. The minimum Gasteiger partial charge on any atom is -0.324 e. The molecule has 1 saturated heterocycles. The number of benzene rings is 1. The van der Waals surface area contributed by atoms with Crippen LogP contribution in [-0.4, -0.2) is 23.9 Å². The number of nitrogens with zero attached hydrogens (tertiary/aromatic N) is 1. The smallest absolute Gasteiger partial charge is 0.244 e. The fraction of sp³-hybridized carbons (Fsp3) is 0.500. The van der Waals surface area contributed by atoms with Gasteiger partial charge in [0, 0.05) is 24.3 Å². The molecule has 0 radical (unpaired) electrons. The number of carbonyl (C=O) groups is 2. The second-order valence-corrected chi connectivity index (χ2v) is 5.52. The number of amides is 2. The molecule has 21 heavy (non-hydrogen) atoms. The van der Waals surface area contributed by atoms with Crippen LogP contribution in [0.15, 0.2) is 24.3 Å². The molecule has 5 nitrogen and oxygen atoms in total. The highest BCUT2D eigenvalue weighted by Crippen LogP contribution is 2.25. The lowest BCUT2D eigenvalue weighted by Gasteiger charge is -2.25. The Bertz CT molecular complexity index is 538. The van der Waals surface area contributed by atoms with Crippen molar-refractivity contribution in [1.82, 2.24) is 0 Å². The monoisotopic (exact) mass is 289 g/mol. The molecule has 0 aromatic heterocycles. The van der Waals surface area contributed by atoms with E-state index in [0.29, 0.717) is 24.9 Å². The normalized spacial score (nSPS) is 15.4. The van der Waals surface area contributed by atoms with Gasteiger partial charge in [0.05, 0.1) is 5.54 Å². The minimum atomic E-state index is -0.848. The van der Waals surface area contributed by atoms with Gasteiger partial charge in [0.15, 0.2) is 0 Å². The molecule has 0 atom stereocenters. The second-order valence-electron chi connectivity index (χ2n) is 5.52. The predicted octanol–water partition coefficient (Wildman–Crippen LogP) is 2.27. The molecular formula is C16H23N3O2. The van der Waals surface area contributed by atoms with Crippen molar-refractivity contribution in [3.8, 4) is 0 Å². The summed E-state index contributed by atoms with van der Waals surface area (Å²) in [5, 5.41) is 2.86. The van der Waals surface area contributed by atoms with Gasteiger partial charge in [0.2, 0.25) is 11.8 Å². The van der Waals surface area contributed by atoms with E-state index in [2.05, 4.69) is 5.32 Å². The maximum Gasteiger partial charge on any atom is 0.244 e. The second kappa shape index (κ2) is 6.26. The molecule has 2 amide bonds. The quantitative estimate of drug-likeness (QED) is 0.873. The van der Waals surface area contributed by atoms with Gasteiger partial charge in [-0.15, -0.1) is 0 Å². The average Bonchev–Trinajstić information content (AvgIpc) is 2.92. The number of nitrogens with two attached hydrogens (primary N) is 1. The summed E-state index contributed by atoms with van der Waals surface area (Å²) in [5.74, 6) is -0.0498. The fourth-order valence-corrected chi connectivity index (χ4v) is 2.50. The van der Waals surface area contributed by atoms with Crippen molar-refractivity contribution in [3.63, 3.8) is 0 Å². The van der Waals surface area contributed by atoms with Gasteiger partial charge in [-0.2, -0.15) is 0 Å². The van der Waals surface area contributed by atoms with E-state index >= 15 is 0 Å². The summed E-state index contributed by atoms with van der Waals surface area (Å²) in [7, 11) is 0. The van der Waals surface area contributed by atoms with Crippen LogP contribution in [0.5, 0.6) is 0 Å². The van der Waals surface area contributed by atoms with Crippen molar-refractivity contribution in [1.29, 1.82) is 0 Å². The van der Waals surface area contributed by atoms with Crippen LogP contribution in [0.25, 0.3) is 0 Å². The highest BCUT2D eigenvalue weighted by Gasteiger charge is 2.30. The topological polar surface area (TPSA) is 75.4 Å². The Kier molecular flexibility index (Phi) is 4.63. The number of nitrogens with one attached hydrogen (secondary N) is 1. The van der Waals surface area contributed by atoms with Crippen LogP contribution >= 0.6 is 0 Å². The summed E-state index contributed by atoms with van der Waals surface area (Å²) >= 11 is 0. The highest BCUT2D eigenvalue weighted by molar-refractivity contribution is 5.99. The third-order valence-corrected chi connectivity index (χ3v) is 4.20. The lowest BCUT2D eigenvalue weighted by atomic mass is 9.93. The Hall–Kier alpha value is -1.88. The fourth-order valence-electron chi connectivity index (χ4n) is 2.50. The van der Waals surface area contributed by atoms with Crippen molar-refractivity contribution < 1.29 is 9.59 Å². The first-order valence-corrected chi connectivity index (χ1v) is 7.51. The Morgan fingerprint density at radius 1 is 1.38 bits per heavy atom. The molecule has 2 rings (SSSR count). The molecule has 1 aromatic carbocycles. The van der Waals surface area contributed by atoms with Crippen molar-refractivity contribution in [3.05, 3.63) is 24.3 Å². The van der Waals surface area contributed by atoms with Crippen LogP contribution in [0.2, 0.25) is 0 Å². The van der Waals surface area contributed by atoms with Crippen molar-refractivity contribution in [2.24, 2.45) is 5.73 Å². The van der Waals surface area contributed by atoms with Crippen LogP contribution < -0.4 is 16.0 Å². The zero-order valence-electron chi connectivity index (χ0n) is 12.7. The first kappa shape index (κ1) is 15.5. The molecule has 5 heteroatoms. The minimum absolute atomic E-state index is 0.133. The van der Waals surface area contributed by atoms with E-state index in [1.165, 1.54) is 0 Å². The summed E-state index contributed by atoms with van der Waals surface area (Å²) in [5.41, 5.74) is 6.75. The van der Waals surface area contributed by atoms with Gasteiger partial charge in [-0.1, -0.05) is 19.9 Å². The summed E-state index contributed by atoms with van der Waals surface area (Å²) in [6.45, 7) is 4.55. The van der Waals surface area contributed by atoms with Gasteiger partial charge in [-0.05, 0) is 37.5 Å². The molecule has 1 aliphatic rings. The maximum atomic E-state index is 12.3. The zero-order valence-corrected chi connectivity index (χ0v) is 12.7. The molecule has 3 N–H and O–H groups in total. The molecule has 1 aliphatic heterocycles. The Labute approximate surface area is 125 Å². The van der Waals surface area contributed by atoms with Crippen molar-refractivity contribution in [2.75, 3.05) is 16.8 Å². The van der Waals surface area contributed by atoms with E-state index < -0.39 is 5.54 Å². The van der Waals surface area contributed by atoms with Crippen LogP contribution in [0.3, 0.4) is 0 Å². The number of anilines is 2. The summed E-state index contributed by atoms with van der Waals surface area (Å²) in [6.07, 6.45) is 2.64. The van der Waals surface area contributed by atoms with Crippen LogP contribution in [0, 0.1) is 0 Å². The van der Waals surface area contributed by atoms with Gasteiger partial charge in [-0.25, -0.2) is 0 Å². The molecule has 1 fully saturated rings. The number of hydrogen-bond donors (Lipinski definition) is 2. The molecule has 1 aromatic rings. The van der Waals surface area contributed by atoms with Crippen LogP contribution in [0.4, 0.5) is 11.4 Å². The van der Waals surface area contributed by atoms with E-state index in [4.69, 9.17) is 5.73 Å². The predicted molar refractivity (Wildman–Crippen MR) is 84.2 cm³/mol. The summed E-state index contributed by atoms with van der Waals surface area (Å²) in [6, 6.07) is 7.36. The lowest BCUT2D eigenvalue weighted by Crippen LogP contribution is -2.50. The molecule has 0 unspecified atom stereocenters. The zero-order chi connectivity index (χ0) is 15.5. The van der Waals surface area contributed by atoms with Crippen LogP contribution in [-0.2, 0) is 9.59 Å². The first-order valence-electron chi connectivity index (χ1n) is 7.51. The number of carbonyl (C=O) groups excluding carboxylic acids is 2. The molecular weight excluding hydrogens is 266 g/mol. The van der Waals surface area contributed by atoms with E-state index in [9.17, 15) is 9.59 Å². The van der Waals surface area contributed by atoms with Gasteiger partial charge in [0.25, 0.3) is 0 Å². The molecule has 114 valence electrons. The van der Waals surface area contributed by atoms with Crippen molar-refractivity contribution >= 4 is 23.2 Å². The number of hydrogen-bond acceptors (Lipinski definition) is 3. The molecule has 0 aliphatic carbocycles. The largest absolute Gasteiger partial charge is 0.324 e. The van der Waals surface area contributed by atoms with E-state index in [1.54, 1.807) is 4.90 Å². The third-order valence-electron chi connectivity index (χ3n) is 4.20. The average molecular weight is 289 g/mol. The van der Waals surface area contributed by atoms with E-state index in [0.717, 1.165) is 18.7 Å². The first-order chi connectivity index (χ1) is 10.00. The molecule has 1 heterocycles. The van der Waals surface area contributed by atoms with Crippen LogP contribution in [0.1, 0.15) is 39.5 Å². The van der Waals surface area contributed by atoms with Crippen molar-refractivity contribution in [2.45, 2.75) is 45.1 Å². The summed E-state index contributed by atoms with van der Waals surface area (Å²) in [4.78, 5) is 25.8. The third kappa shape index (κ3) is 3.24. The van der Waals surface area contributed by atoms with Gasteiger partial charge >= 0.3 is 0 Å². The molecule has 0 spiro atoms. The Morgan fingerprint density at radius 3 is 2.67 bits per heavy atom. The van der Waals surface area contributed by atoms with Gasteiger partial charge < -0.3 is 16.0 Å². The van der Waals surface area contributed by atoms with E-state index in [-0.39, 0.29) is 11.8 Å². The lowest BCUT2D eigenvalue weighted by molar-refractivity contribution is -0.121. The highest BCUT2D eigenvalue weighted by atomic mass is 16.2. The Morgan fingerprint density at radius 2 is 2.10 bits per heavy atom. The SMILES string of the molecule is CCC(N)(CC)C(=O)Nc1cccc(N2CCCC2=O)c1. The van der Waals surface area contributed by atoms with Gasteiger partial charge in [0.1, 0.15) is 0 Å². The van der Waals surface area contributed by atoms with E-state index in [1.807, 2.05) is 38.1 Å². The Balaban J connectivity index is 2.15. The van der Waals surface area contributed by atoms with Gasteiger partial charge in [-0.3, -0.25) is 9.59 Å². The molecule has 0 saturated carbocycles. The summed E-state index contributed by atoms with van der Waals surface area (Å²) < 4.78 is 0.